The van der Waals surface area contributed by atoms with Gasteiger partial charge >= 0.3 is 5.97 Å². The Morgan fingerprint density at radius 1 is 1.20 bits per heavy atom. The number of nitrogens with zero attached hydrogens (tertiary/aromatic N) is 1. The maximum absolute atomic E-state index is 13.4. The predicted molar refractivity (Wildman–Crippen MR) is 93.4 cm³/mol. The van der Waals surface area contributed by atoms with E-state index in [0.29, 0.717) is 29.7 Å². The van der Waals surface area contributed by atoms with Gasteiger partial charge in [0.25, 0.3) is 0 Å². The maximum Gasteiger partial charge on any atom is 0.338 e. The zero-order valence-electron chi connectivity index (χ0n) is 13.9. The Balaban J connectivity index is 1.84. The molecule has 0 saturated heterocycles. The molecule has 1 heterocycles. The molecule has 0 atom stereocenters. The van der Waals surface area contributed by atoms with E-state index in [0.717, 1.165) is 23.8 Å². The molecule has 2 aromatic carbocycles. The van der Waals surface area contributed by atoms with Crippen LogP contribution >= 0.6 is 0 Å². The van der Waals surface area contributed by atoms with Crippen molar-refractivity contribution in [3.63, 3.8) is 0 Å². The molecule has 128 valence electrons. The second kappa shape index (κ2) is 7.30. The van der Waals surface area contributed by atoms with E-state index >= 15 is 0 Å². The number of rotatable bonds is 6. The summed E-state index contributed by atoms with van der Waals surface area (Å²) in [6.45, 7) is 2.86. The summed E-state index contributed by atoms with van der Waals surface area (Å²) in [6.07, 6.45) is 3.22. The molecular formula is C20H18FNO3. The number of carbonyl (C=O) groups is 2. The fourth-order valence-corrected chi connectivity index (χ4v) is 2.74. The van der Waals surface area contributed by atoms with Crippen LogP contribution in [0, 0.1) is 5.82 Å². The van der Waals surface area contributed by atoms with Crippen LogP contribution in [0.15, 0.2) is 48.7 Å². The van der Waals surface area contributed by atoms with Gasteiger partial charge in [-0.3, -0.25) is 4.79 Å². The molecule has 3 aromatic rings. The van der Waals surface area contributed by atoms with Gasteiger partial charge in [-0.15, -0.1) is 0 Å². The number of fused-ring (bicyclic) bond motifs is 1. The Bertz CT molecular complexity index is 913. The molecule has 3 rings (SSSR count). The molecule has 0 fully saturated rings. The van der Waals surface area contributed by atoms with Gasteiger partial charge in [-0.1, -0.05) is 19.1 Å². The van der Waals surface area contributed by atoms with Crippen LogP contribution in [-0.4, -0.2) is 23.4 Å². The third-order valence-corrected chi connectivity index (χ3v) is 3.98. The average Bonchev–Trinajstić information content (AvgIpc) is 2.97. The second-order valence-electron chi connectivity index (χ2n) is 5.82. The van der Waals surface area contributed by atoms with E-state index in [-0.39, 0.29) is 11.8 Å². The molecular weight excluding hydrogens is 321 g/mol. The minimum Gasteiger partial charge on any atom is -0.462 e. The first-order valence-corrected chi connectivity index (χ1v) is 8.12. The topological polar surface area (TPSA) is 48.3 Å². The van der Waals surface area contributed by atoms with Gasteiger partial charge in [-0.2, -0.15) is 0 Å². The van der Waals surface area contributed by atoms with Crippen LogP contribution in [0.4, 0.5) is 4.39 Å². The van der Waals surface area contributed by atoms with Crippen LogP contribution < -0.4 is 0 Å². The van der Waals surface area contributed by atoms with Crippen LogP contribution in [0.1, 0.15) is 39.6 Å². The summed E-state index contributed by atoms with van der Waals surface area (Å²) in [6, 6.07) is 11.5. The van der Waals surface area contributed by atoms with E-state index in [1.165, 1.54) is 12.1 Å². The van der Waals surface area contributed by atoms with E-state index in [1.807, 2.05) is 23.6 Å². The van der Waals surface area contributed by atoms with Gasteiger partial charge in [-0.25, -0.2) is 9.18 Å². The molecule has 0 aliphatic carbocycles. The Morgan fingerprint density at radius 2 is 1.96 bits per heavy atom. The number of carbonyl (C=O) groups excluding carboxylic acids is 2. The highest BCUT2D eigenvalue weighted by Gasteiger charge is 2.10. The first-order valence-electron chi connectivity index (χ1n) is 8.12. The highest BCUT2D eigenvalue weighted by molar-refractivity contribution is 5.97. The summed E-state index contributed by atoms with van der Waals surface area (Å²) < 4.78 is 20.4. The Hall–Kier alpha value is -2.95. The highest BCUT2D eigenvalue weighted by Crippen LogP contribution is 2.22. The number of aldehydes is 1. The molecule has 0 N–H and O–H groups in total. The lowest BCUT2D eigenvalue weighted by Gasteiger charge is -2.07. The summed E-state index contributed by atoms with van der Waals surface area (Å²) in [5.41, 5.74) is 2.71. The molecule has 0 aliphatic heterocycles. The fourth-order valence-electron chi connectivity index (χ4n) is 2.74. The van der Waals surface area contributed by atoms with Gasteiger partial charge in [0.05, 0.1) is 12.2 Å². The van der Waals surface area contributed by atoms with Crippen molar-refractivity contribution in [2.75, 3.05) is 6.61 Å². The van der Waals surface area contributed by atoms with Crippen molar-refractivity contribution in [3.8, 4) is 0 Å². The molecule has 0 saturated carbocycles. The number of benzene rings is 2. The zero-order valence-corrected chi connectivity index (χ0v) is 13.9. The molecule has 0 aliphatic rings. The second-order valence-corrected chi connectivity index (χ2v) is 5.82. The quantitative estimate of drug-likeness (QED) is 0.499. The van der Waals surface area contributed by atoms with Gasteiger partial charge in [0.15, 0.2) is 6.29 Å². The van der Waals surface area contributed by atoms with Crippen molar-refractivity contribution in [2.45, 2.75) is 19.9 Å². The van der Waals surface area contributed by atoms with Crippen molar-refractivity contribution < 1.29 is 18.7 Å². The van der Waals surface area contributed by atoms with Crippen molar-refractivity contribution in [3.05, 3.63) is 71.2 Å². The predicted octanol–water partition coefficient (Wildman–Crippen LogP) is 4.21. The number of hydrogen-bond donors (Lipinski definition) is 0. The number of halogens is 1. The molecule has 1 aromatic heterocycles. The van der Waals surface area contributed by atoms with Crippen LogP contribution in [0.3, 0.4) is 0 Å². The monoisotopic (exact) mass is 339 g/mol. The van der Waals surface area contributed by atoms with Crippen molar-refractivity contribution >= 4 is 23.2 Å². The van der Waals surface area contributed by atoms with Crippen LogP contribution in [0.5, 0.6) is 0 Å². The van der Waals surface area contributed by atoms with E-state index in [4.69, 9.17) is 4.74 Å². The smallest absolute Gasteiger partial charge is 0.338 e. The minimum atomic E-state index is -0.372. The lowest BCUT2D eigenvalue weighted by Crippen LogP contribution is -2.06. The Morgan fingerprint density at radius 3 is 2.64 bits per heavy atom. The SMILES string of the molecule is CCCOC(=O)c1ccc(Cn2cc(C=O)c3cc(F)ccc32)cc1. The lowest BCUT2D eigenvalue weighted by molar-refractivity contribution is 0.0505. The number of ether oxygens (including phenoxy) is 1. The number of aromatic nitrogens is 1. The zero-order chi connectivity index (χ0) is 17.8. The summed E-state index contributed by atoms with van der Waals surface area (Å²) in [4.78, 5) is 23.0. The fraction of sp³-hybridized carbons (Fsp3) is 0.200. The van der Waals surface area contributed by atoms with Gasteiger partial charge in [0.1, 0.15) is 5.82 Å². The van der Waals surface area contributed by atoms with Crippen molar-refractivity contribution in [1.82, 2.24) is 4.57 Å². The number of hydrogen-bond acceptors (Lipinski definition) is 3. The highest BCUT2D eigenvalue weighted by atomic mass is 19.1. The van der Waals surface area contributed by atoms with E-state index in [2.05, 4.69) is 0 Å². The third-order valence-electron chi connectivity index (χ3n) is 3.98. The van der Waals surface area contributed by atoms with Gasteiger partial charge in [0, 0.05) is 29.2 Å². The van der Waals surface area contributed by atoms with Gasteiger partial charge in [-0.05, 0) is 42.3 Å². The van der Waals surface area contributed by atoms with Crippen molar-refractivity contribution in [2.24, 2.45) is 0 Å². The summed E-state index contributed by atoms with van der Waals surface area (Å²) >= 11 is 0. The molecule has 0 bridgehead atoms. The van der Waals surface area contributed by atoms with Crippen molar-refractivity contribution in [1.29, 1.82) is 0 Å². The summed E-state index contributed by atoms with van der Waals surface area (Å²) in [5, 5.41) is 0.592. The van der Waals surface area contributed by atoms with Crippen LogP contribution in [-0.2, 0) is 11.3 Å². The normalized spacial score (nSPS) is 10.8. The van der Waals surface area contributed by atoms with Crippen LogP contribution in [0.2, 0.25) is 0 Å². The third kappa shape index (κ3) is 3.60. The average molecular weight is 339 g/mol. The largest absolute Gasteiger partial charge is 0.462 e. The molecule has 25 heavy (non-hydrogen) atoms. The Labute approximate surface area is 144 Å². The molecule has 0 amide bonds. The van der Waals surface area contributed by atoms with Crippen LogP contribution in [0.25, 0.3) is 10.9 Å². The van der Waals surface area contributed by atoms with Gasteiger partial charge < -0.3 is 9.30 Å². The first kappa shape index (κ1) is 16.9. The van der Waals surface area contributed by atoms with E-state index in [9.17, 15) is 14.0 Å². The first-order chi connectivity index (χ1) is 12.1. The Kier molecular flexibility index (Phi) is 4.93. The molecule has 0 unspecified atom stereocenters. The van der Waals surface area contributed by atoms with Gasteiger partial charge in [0.2, 0.25) is 0 Å². The summed E-state index contributed by atoms with van der Waals surface area (Å²) in [5.74, 6) is -0.707. The summed E-state index contributed by atoms with van der Waals surface area (Å²) in [7, 11) is 0. The molecule has 5 heteroatoms. The lowest BCUT2D eigenvalue weighted by atomic mass is 10.1. The molecule has 0 radical (unpaired) electrons. The molecule has 0 spiro atoms. The minimum absolute atomic E-state index is 0.335. The molecule has 4 nitrogen and oxygen atoms in total. The van der Waals surface area contributed by atoms with E-state index < -0.39 is 0 Å². The standard InChI is InChI=1S/C20H18FNO3/c1-2-9-25-20(24)15-5-3-14(4-6-15)11-22-12-16(13-23)18-10-17(21)7-8-19(18)22/h3-8,10,12-13H,2,9,11H2,1H3. The number of esters is 1. The van der Waals surface area contributed by atoms with E-state index in [1.54, 1.807) is 24.4 Å². The maximum atomic E-state index is 13.4.